The van der Waals surface area contributed by atoms with Gasteiger partial charge in [0.2, 0.25) is 5.91 Å². The number of aromatic nitrogens is 1. The second-order valence-corrected chi connectivity index (χ2v) is 5.90. The van der Waals surface area contributed by atoms with E-state index >= 15 is 0 Å². The van der Waals surface area contributed by atoms with Gasteiger partial charge in [-0.05, 0) is 36.4 Å². The molecule has 2 amide bonds. The van der Waals surface area contributed by atoms with E-state index in [1.54, 1.807) is 42.2 Å². The number of thioether (sulfide) groups is 1. The Morgan fingerprint density at radius 2 is 1.91 bits per heavy atom. The Hall–Kier alpha value is -2.05. The van der Waals surface area contributed by atoms with Crippen molar-refractivity contribution in [2.24, 2.45) is 0 Å². The Bertz CT molecular complexity index is 635. The molecule has 7 heteroatoms. The van der Waals surface area contributed by atoms with E-state index < -0.39 is 5.91 Å². The van der Waals surface area contributed by atoms with Gasteiger partial charge in [-0.3, -0.25) is 25.4 Å². The smallest absolute Gasteiger partial charge is 0.271 e. The van der Waals surface area contributed by atoms with Gasteiger partial charge < -0.3 is 0 Å². The van der Waals surface area contributed by atoms with E-state index in [1.807, 2.05) is 12.1 Å². The van der Waals surface area contributed by atoms with Gasteiger partial charge in [0, 0.05) is 34.5 Å². The third kappa shape index (κ3) is 5.38. The van der Waals surface area contributed by atoms with Gasteiger partial charge in [0.05, 0.1) is 5.56 Å². The van der Waals surface area contributed by atoms with Crippen LogP contribution in [0.2, 0.25) is 5.02 Å². The average molecular weight is 336 g/mol. The van der Waals surface area contributed by atoms with E-state index in [2.05, 4.69) is 15.8 Å². The summed E-state index contributed by atoms with van der Waals surface area (Å²) in [4.78, 5) is 28.2. The molecule has 0 aliphatic rings. The van der Waals surface area contributed by atoms with Crippen LogP contribution in [0, 0.1) is 0 Å². The van der Waals surface area contributed by atoms with Gasteiger partial charge in [-0.2, -0.15) is 0 Å². The van der Waals surface area contributed by atoms with E-state index in [0.717, 1.165) is 4.90 Å². The van der Waals surface area contributed by atoms with Gasteiger partial charge in [-0.25, -0.2) is 0 Å². The second-order valence-electron chi connectivity index (χ2n) is 4.30. The number of hydrogen-bond donors (Lipinski definition) is 2. The minimum absolute atomic E-state index is 0.251. The number of nitrogens with one attached hydrogen (secondary N) is 2. The Morgan fingerprint density at radius 1 is 1.14 bits per heavy atom. The van der Waals surface area contributed by atoms with E-state index in [4.69, 9.17) is 11.6 Å². The Kier molecular flexibility index (Phi) is 6.24. The number of nitrogens with zero attached hydrogens (tertiary/aromatic N) is 1. The van der Waals surface area contributed by atoms with Gasteiger partial charge in [-0.1, -0.05) is 11.6 Å². The zero-order valence-electron chi connectivity index (χ0n) is 11.6. The minimum Gasteiger partial charge on any atom is -0.273 e. The van der Waals surface area contributed by atoms with Crippen LogP contribution in [0.4, 0.5) is 0 Å². The number of rotatable bonds is 5. The Balaban J connectivity index is 1.68. The fraction of sp³-hybridized carbons (Fsp3) is 0.133. The molecule has 0 aliphatic carbocycles. The van der Waals surface area contributed by atoms with Crippen LogP contribution in [0.15, 0.2) is 53.7 Å². The SMILES string of the molecule is O=C(CCSc1ccc(Cl)cc1)NNC(=O)c1cccnc1. The van der Waals surface area contributed by atoms with Crippen LogP contribution >= 0.6 is 23.4 Å². The molecule has 2 N–H and O–H groups in total. The molecule has 2 rings (SSSR count). The Labute approximate surface area is 137 Å². The van der Waals surface area contributed by atoms with Crippen molar-refractivity contribution >= 4 is 35.2 Å². The lowest BCUT2D eigenvalue weighted by atomic mass is 10.3. The predicted molar refractivity (Wildman–Crippen MR) is 86.6 cm³/mol. The highest BCUT2D eigenvalue weighted by molar-refractivity contribution is 7.99. The van der Waals surface area contributed by atoms with Gasteiger partial charge in [0.1, 0.15) is 0 Å². The van der Waals surface area contributed by atoms with E-state index in [1.165, 1.54) is 6.20 Å². The first kappa shape index (κ1) is 16.3. The molecule has 0 spiro atoms. The summed E-state index contributed by atoms with van der Waals surface area (Å²) in [6, 6.07) is 10.7. The summed E-state index contributed by atoms with van der Waals surface area (Å²) in [6.07, 6.45) is 3.29. The molecule has 0 atom stereocenters. The number of carbonyl (C=O) groups is 2. The summed E-state index contributed by atoms with van der Waals surface area (Å²) in [5.74, 6) is -0.0403. The van der Waals surface area contributed by atoms with Crippen LogP contribution in [0.5, 0.6) is 0 Å². The number of carbonyl (C=O) groups excluding carboxylic acids is 2. The summed E-state index contributed by atoms with van der Waals surface area (Å²) in [5, 5.41) is 0.681. The number of hydrazine groups is 1. The van der Waals surface area contributed by atoms with Crippen molar-refractivity contribution in [3.05, 3.63) is 59.4 Å². The number of amides is 2. The van der Waals surface area contributed by atoms with Crippen molar-refractivity contribution in [3.8, 4) is 0 Å². The third-order valence-corrected chi connectivity index (χ3v) is 3.92. The largest absolute Gasteiger partial charge is 0.273 e. The highest BCUT2D eigenvalue weighted by Crippen LogP contribution is 2.20. The topological polar surface area (TPSA) is 71.1 Å². The van der Waals surface area contributed by atoms with Crippen LogP contribution in [0.25, 0.3) is 0 Å². The molecule has 1 aromatic heterocycles. The molecular formula is C15H14ClN3O2S. The average Bonchev–Trinajstić information content (AvgIpc) is 2.55. The predicted octanol–water partition coefficient (Wildman–Crippen LogP) is 2.68. The first-order valence-corrected chi connectivity index (χ1v) is 7.89. The quantitative estimate of drug-likeness (QED) is 0.651. The van der Waals surface area contributed by atoms with E-state index in [0.29, 0.717) is 22.8 Å². The van der Waals surface area contributed by atoms with Crippen molar-refractivity contribution in [1.29, 1.82) is 0 Å². The molecule has 0 saturated carbocycles. The molecule has 22 heavy (non-hydrogen) atoms. The third-order valence-electron chi connectivity index (χ3n) is 2.65. The molecule has 1 heterocycles. The number of pyridine rings is 1. The van der Waals surface area contributed by atoms with Crippen LogP contribution in [-0.2, 0) is 4.79 Å². The van der Waals surface area contributed by atoms with Crippen molar-refractivity contribution in [3.63, 3.8) is 0 Å². The summed E-state index contributed by atoms with van der Waals surface area (Å²) < 4.78 is 0. The van der Waals surface area contributed by atoms with E-state index in [-0.39, 0.29) is 5.91 Å². The van der Waals surface area contributed by atoms with E-state index in [9.17, 15) is 9.59 Å². The first-order valence-electron chi connectivity index (χ1n) is 6.53. The molecule has 0 fully saturated rings. The maximum Gasteiger partial charge on any atom is 0.271 e. The molecule has 0 aliphatic heterocycles. The van der Waals surface area contributed by atoms with Crippen molar-refractivity contribution in [2.45, 2.75) is 11.3 Å². The number of benzene rings is 1. The standard InChI is InChI=1S/C15H14ClN3O2S/c16-12-3-5-13(6-4-12)22-9-7-14(20)18-19-15(21)11-2-1-8-17-10-11/h1-6,8,10H,7,9H2,(H,18,20)(H,19,21). The highest BCUT2D eigenvalue weighted by Gasteiger charge is 2.07. The fourth-order valence-corrected chi connectivity index (χ4v) is 2.53. The molecule has 0 bridgehead atoms. The van der Waals surface area contributed by atoms with Gasteiger partial charge in [-0.15, -0.1) is 11.8 Å². The van der Waals surface area contributed by atoms with Crippen LogP contribution in [-0.4, -0.2) is 22.6 Å². The van der Waals surface area contributed by atoms with Crippen molar-refractivity contribution < 1.29 is 9.59 Å². The summed E-state index contributed by atoms with van der Waals surface area (Å²) in [6.45, 7) is 0. The zero-order chi connectivity index (χ0) is 15.8. The van der Waals surface area contributed by atoms with Crippen molar-refractivity contribution in [2.75, 3.05) is 5.75 Å². The van der Waals surface area contributed by atoms with Gasteiger partial charge in [0.15, 0.2) is 0 Å². The maximum atomic E-state index is 11.7. The lowest BCUT2D eigenvalue weighted by molar-refractivity contribution is -0.121. The van der Waals surface area contributed by atoms with Crippen LogP contribution < -0.4 is 10.9 Å². The summed E-state index contributed by atoms with van der Waals surface area (Å²) in [7, 11) is 0. The number of hydrogen-bond acceptors (Lipinski definition) is 4. The summed E-state index contributed by atoms with van der Waals surface area (Å²) in [5.41, 5.74) is 5.11. The fourth-order valence-electron chi connectivity index (χ4n) is 1.55. The maximum absolute atomic E-state index is 11.7. The van der Waals surface area contributed by atoms with Gasteiger partial charge in [0.25, 0.3) is 5.91 Å². The molecule has 0 radical (unpaired) electrons. The lowest BCUT2D eigenvalue weighted by Gasteiger charge is -2.07. The zero-order valence-corrected chi connectivity index (χ0v) is 13.2. The monoisotopic (exact) mass is 335 g/mol. The molecule has 5 nitrogen and oxygen atoms in total. The Morgan fingerprint density at radius 3 is 2.59 bits per heavy atom. The molecule has 0 saturated heterocycles. The summed E-state index contributed by atoms with van der Waals surface area (Å²) >= 11 is 7.35. The van der Waals surface area contributed by atoms with Crippen molar-refractivity contribution in [1.82, 2.24) is 15.8 Å². The van der Waals surface area contributed by atoms with Crippen LogP contribution in [0.1, 0.15) is 16.8 Å². The lowest BCUT2D eigenvalue weighted by Crippen LogP contribution is -2.41. The normalized spacial score (nSPS) is 10.0. The molecule has 0 unspecified atom stereocenters. The molecule has 114 valence electrons. The minimum atomic E-state index is -0.396. The van der Waals surface area contributed by atoms with Crippen LogP contribution in [0.3, 0.4) is 0 Å². The van der Waals surface area contributed by atoms with Gasteiger partial charge >= 0.3 is 0 Å². The molecule has 1 aromatic carbocycles. The second kappa shape index (κ2) is 8.41. The molecule has 2 aromatic rings. The highest BCUT2D eigenvalue weighted by atomic mass is 35.5. The number of halogens is 1. The first-order chi connectivity index (χ1) is 10.6. The molecular weight excluding hydrogens is 322 g/mol.